The number of halogens is 2. The van der Waals surface area contributed by atoms with Crippen molar-refractivity contribution in [3.05, 3.63) is 33.8 Å². The van der Waals surface area contributed by atoms with Crippen LogP contribution in [-0.2, 0) is 4.74 Å². The summed E-state index contributed by atoms with van der Waals surface area (Å²) in [5, 5.41) is 3.98. The fraction of sp³-hybridized carbons (Fsp3) is 0.333. The quantitative estimate of drug-likeness (QED) is 0.437. The molecule has 0 bridgehead atoms. The molecule has 0 aromatic heterocycles. The van der Waals surface area contributed by atoms with Crippen LogP contribution in [0.15, 0.2) is 18.2 Å². The average Bonchev–Trinajstić information content (AvgIpc) is 2.41. The van der Waals surface area contributed by atoms with Crippen LogP contribution in [0.25, 0.3) is 0 Å². The third-order valence-electron chi connectivity index (χ3n) is 2.28. The number of thiocarbonyl (C=S) groups is 1. The van der Waals surface area contributed by atoms with Crippen molar-refractivity contribution < 1.29 is 9.53 Å². The van der Waals surface area contributed by atoms with Gasteiger partial charge < -0.3 is 10.1 Å². The van der Waals surface area contributed by atoms with Crippen LogP contribution in [0.2, 0.25) is 10.0 Å². The Morgan fingerprint density at radius 2 is 2.10 bits per heavy atom. The van der Waals surface area contributed by atoms with Crippen LogP contribution >= 0.6 is 35.4 Å². The summed E-state index contributed by atoms with van der Waals surface area (Å²) in [6, 6.07) is 4.62. The summed E-state index contributed by atoms with van der Waals surface area (Å²) in [6.45, 7) is 1.29. The first-order chi connectivity index (χ1) is 9.54. The number of ether oxygens (including phenoxy) is 1. The van der Waals surface area contributed by atoms with Crippen molar-refractivity contribution in [1.29, 1.82) is 0 Å². The smallest absolute Gasteiger partial charge is 0.271 e. The summed E-state index contributed by atoms with van der Waals surface area (Å²) in [6.07, 6.45) is 0.815. The Bertz CT molecular complexity index is 486. The fourth-order valence-corrected chi connectivity index (χ4v) is 1.96. The van der Waals surface area contributed by atoms with Gasteiger partial charge in [-0.15, -0.1) is 0 Å². The molecule has 20 heavy (non-hydrogen) atoms. The van der Waals surface area contributed by atoms with E-state index in [1.807, 2.05) is 0 Å². The number of rotatable bonds is 5. The average molecular weight is 336 g/mol. The van der Waals surface area contributed by atoms with Crippen molar-refractivity contribution in [2.24, 2.45) is 0 Å². The maximum atomic E-state index is 11.8. The van der Waals surface area contributed by atoms with Gasteiger partial charge in [-0.2, -0.15) is 0 Å². The molecule has 1 aromatic rings. The van der Waals surface area contributed by atoms with E-state index in [1.165, 1.54) is 12.1 Å². The van der Waals surface area contributed by atoms with E-state index in [1.54, 1.807) is 13.2 Å². The van der Waals surface area contributed by atoms with Crippen molar-refractivity contribution in [2.75, 3.05) is 20.3 Å². The Balaban J connectivity index is 2.37. The molecule has 0 spiro atoms. The van der Waals surface area contributed by atoms with E-state index in [2.05, 4.69) is 16.2 Å². The van der Waals surface area contributed by atoms with E-state index in [0.717, 1.165) is 6.42 Å². The number of nitrogens with one attached hydrogen (secondary N) is 3. The van der Waals surface area contributed by atoms with E-state index in [0.29, 0.717) is 28.9 Å². The largest absolute Gasteiger partial charge is 0.385 e. The molecule has 3 N–H and O–H groups in total. The van der Waals surface area contributed by atoms with Crippen LogP contribution in [0, 0.1) is 0 Å². The topological polar surface area (TPSA) is 62.4 Å². The minimum Gasteiger partial charge on any atom is -0.385 e. The lowest BCUT2D eigenvalue weighted by molar-refractivity contribution is 0.0944. The molecule has 0 aliphatic carbocycles. The van der Waals surface area contributed by atoms with Crippen molar-refractivity contribution in [3.8, 4) is 0 Å². The van der Waals surface area contributed by atoms with Gasteiger partial charge in [0.15, 0.2) is 5.11 Å². The van der Waals surface area contributed by atoms with Crippen molar-refractivity contribution >= 4 is 46.4 Å². The first kappa shape index (κ1) is 17.0. The van der Waals surface area contributed by atoms with Crippen molar-refractivity contribution in [1.82, 2.24) is 16.2 Å². The van der Waals surface area contributed by atoms with Gasteiger partial charge in [-0.25, -0.2) is 0 Å². The predicted molar refractivity (Wildman–Crippen MR) is 84.2 cm³/mol. The van der Waals surface area contributed by atoms with Gasteiger partial charge in [0.1, 0.15) is 0 Å². The minimum atomic E-state index is -0.396. The molecule has 1 aromatic carbocycles. The Kier molecular flexibility index (Phi) is 7.61. The van der Waals surface area contributed by atoms with Gasteiger partial charge in [0.2, 0.25) is 0 Å². The monoisotopic (exact) mass is 335 g/mol. The van der Waals surface area contributed by atoms with E-state index < -0.39 is 5.91 Å². The first-order valence-corrected chi connectivity index (χ1v) is 6.99. The number of amides is 1. The third kappa shape index (κ3) is 5.92. The van der Waals surface area contributed by atoms with Crippen LogP contribution in [0.4, 0.5) is 0 Å². The summed E-state index contributed by atoms with van der Waals surface area (Å²) >= 11 is 16.7. The first-order valence-electron chi connectivity index (χ1n) is 5.82. The highest BCUT2D eigenvalue weighted by Gasteiger charge is 2.10. The van der Waals surface area contributed by atoms with E-state index in [9.17, 15) is 4.79 Å². The molecule has 8 heteroatoms. The molecule has 5 nitrogen and oxygen atoms in total. The van der Waals surface area contributed by atoms with Crippen molar-refractivity contribution in [2.45, 2.75) is 6.42 Å². The SMILES string of the molecule is COCCCNC(=S)NNC(=O)c1ccc(Cl)cc1Cl. The van der Waals surface area contributed by atoms with Gasteiger partial charge in [0, 0.05) is 25.3 Å². The number of methoxy groups -OCH3 is 1. The Labute approximate surface area is 132 Å². The number of carbonyl (C=O) groups excluding carboxylic acids is 1. The number of hydrogen-bond acceptors (Lipinski definition) is 3. The molecule has 0 heterocycles. The molecule has 0 aliphatic heterocycles. The predicted octanol–water partition coefficient (Wildman–Crippen LogP) is 2.14. The van der Waals surface area contributed by atoms with Crippen LogP contribution in [0.1, 0.15) is 16.8 Å². The summed E-state index contributed by atoms with van der Waals surface area (Å²) in [7, 11) is 1.63. The van der Waals surface area contributed by atoms with Crippen LogP contribution in [0.5, 0.6) is 0 Å². The zero-order chi connectivity index (χ0) is 15.0. The van der Waals surface area contributed by atoms with Gasteiger partial charge in [-0.3, -0.25) is 15.6 Å². The standard InChI is InChI=1S/C12H15Cl2N3O2S/c1-19-6-2-5-15-12(20)17-16-11(18)9-4-3-8(13)7-10(9)14/h3-4,7H,2,5-6H2,1H3,(H,16,18)(H2,15,17,20). The normalized spacial score (nSPS) is 9.95. The number of hydrogen-bond donors (Lipinski definition) is 3. The maximum Gasteiger partial charge on any atom is 0.271 e. The summed E-state index contributed by atoms with van der Waals surface area (Å²) < 4.78 is 4.90. The zero-order valence-corrected chi connectivity index (χ0v) is 13.2. The summed E-state index contributed by atoms with van der Waals surface area (Å²) in [5.74, 6) is -0.396. The minimum absolute atomic E-state index is 0.274. The molecule has 0 unspecified atom stereocenters. The van der Waals surface area contributed by atoms with E-state index >= 15 is 0 Å². The fourth-order valence-electron chi connectivity index (χ4n) is 1.32. The van der Waals surface area contributed by atoms with Crippen LogP contribution in [-0.4, -0.2) is 31.3 Å². The molecular weight excluding hydrogens is 321 g/mol. The molecular formula is C12H15Cl2N3O2S. The van der Waals surface area contributed by atoms with Crippen molar-refractivity contribution in [3.63, 3.8) is 0 Å². The maximum absolute atomic E-state index is 11.8. The lowest BCUT2D eigenvalue weighted by atomic mass is 10.2. The number of hydrazine groups is 1. The van der Waals surface area contributed by atoms with Gasteiger partial charge in [-0.05, 0) is 36.8 Å². The van der Waals surface area contributed by atoms with Gasteiger partial charge >= 0.3 is 0 Å². The van der Waals surface area contributed by atoms with Gasteiger partial charge in [0.25, 0.3) is 5.91 Å². The Hall–Kier alpha value is -1.08. The molecule has 1 rings (SSSR count). The highest BCUT2D eigenvalue weighted by atomic mass is 35.5. The third-order valence-corrected chi connectivity index (χ3v) is 3.07. The molecule has 0 atom stereocenters. The number of benzene rings is 1. The molecule has 0 aliphatic rings. The van der Waals surface area contributed by atoms with E-state index in [-0.39, 0.29) is 5.02 Å². The summed E-state index contributed by atoms with van der Waals surface area (Å²) in [4.78, 5) is 11.8. The molecule has 1 amide bonds. The molecule has 0 saturated heterocycles. The second kappa shape index (κ2) is 8.97. The van der Waals surface area contributed by atoms with Crippen LogP contribution < -0.4 is 16.2 Å². The van der Waals surface area contributed by atoms with E-state index in [4.69, 9.17) is 40.2 Å². The molecule has 0 fully saturated rings. The highest BCUT2D eigenvalue weighted by molar-refractivity contribution is 7.80. The molecule has 0 saturated carbocycles. The molecule has 110 valence electrons. The lowest BCUT2D eigenvalue weighted by Gasteiger charge is -2.12. The second-order valence-corrected chi connectivity index (χ2v) is 5.06. The number of carbonyl (C=O) groups is 1. The second-order valence-electron chi connectivity index (χ2n) is 3.81. The Morgan fingerprint density at radius 3 is 2.75 bits per heavy atom. The van der Waals surface area contributed by atoms with Gasteiger partial charge in [0.05, 0.1) is 10.6 Å². The van der Waals surface area contributed by atoms with Gasteiger partial charge in [-0.1, -0.05) is 23.2 Å². The van der Waals surface area contributed by atoms with Crippen LogP contribution in [0.3, 0.4) is 0 Å². The molecule has 0 radical (unpaired) electrons. The highest BCUT2D eigenvalue weighted by Crippen LogP contribution is 2.20. The Morgan fingerprint density at radius 1 is 1.35 bits per heavy atom. The summed E-state index contributed by atoms with van der Waals surface area (Å²) in [5.41, 5.74) is 5.35. The zero-order valence-electron chi connectivity index (χ0n) is 10.8. The lowest BCUT2D eigenvalue weighted by Crippen LogP contribution is -2.47.